The van der Waals surface area contributed by atoms with Crippen LogP contribution in [0, 0.1) is 0 Å². The van der Waals surface area contributed by atoms with Gasteiger partial charge in [-0.1, -0.05) is 30.3 Å². The lowest BCUT2D eigenvalue weighted by atomic mass is 9.99. The molecule has 24 heavy (non-hydrogen) atoms. The Bertz CT molecular complexity index is 678. The standard InChI is InChI=1S/C20H24N2OS/c23-20(19-14-17-8-4-5-9-18(17)24-19)22-12-10-21(11-13-22)15-16-6-2-1-3-7-16/h1-3,6-7,14H,4-5,8-13,15H2. The smallest absolute Gasteiger partial charge is 0.264 e. The van der Waals surface area contributed by atoms with Gasteiger partial charge < -0.3 is 4.90 Å². The Morgan fingerprint density at radius 3 is 2.50 bits per heavy atom. The minimum absolute atomic E-state index is 0.244. The van der Waals surface area contributed by atoms with E-state index < -0.39 is 0 Å². The van der Waals surface area contributed by atoms with Crippen molar-refractivity contribution in [3.05, 3.63) is 57.3 Å². The zero-order valence-electron chi connectivity index (χ0n) is 14.0. The highest BCUT2D eigenvalue weighted by molar-refractivity contribution is 7.14. The first-order valence-electron chi connectivity index (χ1n) is 8.97. The molecule has 2 aliphatic rings. The second-order valence-corrected chi connectivity index (χ2v) is 7.96. The predicted molar refractivity (Wildman–Crippen MR) is 98.6 cm³/mol. The molecule has 1 saturated heterocycles. The first kappa shape index (κ1) is 15.9. The lowest BCUT2D eigenvalue weighted by Crippen LogP contribution is -2.48. The molecule has 0 atom stereocenters. The molecule has 2 aromatic rings. The van der Waals surface area contributed by atoms with Crippen molar-refractivity contribution >= 4 is 17.2 Å². The van der Waals surface area contributed by atoms with Crippen molar-refractivity contribution in [3.63, 3.8) is 0 Å². The Labute approximate surface area is 147 Å². The van der Waals surface area contributed by atoms with Crippen LogP contribution in [-0.4, -0.2) is 41.9 Å². The van der Waals surface area contributed by atoms with Gasteiger partial charge in [0, 0.05) is 37.6 Å². The molecular weight excluding hydrogens is 316 g/mol. The van der Waals surface area contributed by atoms with Crippen LogP contribution in [0.1, 0.15) is 38.5 Å². The molecule has 0 N–H and O–H groups in total. The third-order valence-corrected chi connectivity index (χ3v) is 6.34. The molecule has 1 aliphatic heterocycles. The summed E-state index contributed by atoms with van der Waals surface area (Å²) in [7, 11) is 0. The number of rotatable bonds is 3. The fourth-order valence-electron chi connectivity index (χ4n) is 3.70. The fourth-order valence-corrected chi connectivity index (χ4v) is 4.92. The minimum atomic E-state index is 0.244. The van der Waals surface area contributed by atoms with E-state index in [0.717, 1.165) is 50.4 Å². The summed E-state index contributed by atoms with van der Waals surface area (Å²) in [5.41, 5.74) is 2.78. The number of amides is 1. The molecule has 1 aliphatic carbocycles. The number of carbonyl (C=O) groups is 1. The number of hydrogen-bond acceptors (Lipinski definition) is 3. The number of aryl methyl sites for hydroxylation is 2. The van der Waals surface area contributed by atoms with E-state index in [1.165, 1.54) is 28.8 Å². The van der Waals surface area contributed by atoms with E-state index in [-0.39, 0.29) is 5.91 Å². The summed E-state index contributed by atoms with van der Waals surface area (Å²) >= 11 is 1.74. The van der Waals surface area contributed by atoms with Gasteiger partial charge in [-0.3, -0.25) is 9.69 Å². The molecule has 0 bridgehead atoms. The molecule has 0 saturated carbocycles. The van der Waals surface area contributed by atoms with Crippen LogP contribution >= 0.6 is 11.3 Å². The Morgan fingerprint density at radius 2 is 1.75 bits per heavy atom. The Kier molecular flexibility index (Phi) is 4.67. The van der Waals surface area contributed by atoms with Gasteiger partial charge in [0.15, 0.2) is 0 Å². The average molecular weight is 340 g/mol. The van der Waals surface area contributed by atoms with Crippen LogP contribution in [0.4, 0.5) is 0 Å². The van der Waals surface area contributed by atoms with Crippen LogP contribution in [0.15, 0.2) is 36.4 Å². The third kappa shape index (κ3) is 3.40. The zero-order chi connectivity index (χ0) is 16.4. The molecule has 1 amide bonds. The maximum Gasteiger partial charge on any atom is 0.264 e. The largest absolute Gasteiger partial charge is 0.335 e. The maximum atomic E-state index is 12.8. The van der Waals surface area contributed by atoms with Gasteiger partial charge in [0.2, 0.25) is 0 Å². The zero-order valence-corrected chi connectivity index (χ0v) is 14.9. The van der Waals surface area contributed by atoms with Gasteiger partial charge in [-0.05, 0) is 42.9 Å². The van der Waals surface area contributed by atoms with Crippen LogP contribution in [0.3, 0.4) is 0 Å². The van der Waals surface area contributed by atoms with Crippen molar-refractivity contribution in [1.29, 1.82) is 0 Å². The van der Waals surface area contributed by atoms with E-state index in [1.54, 1.807) is 11.3 Å². The van der Waals surface area contributed by atoms with Crippen LogP contribution in [0.2, 0.25) is 0 Å². The molecule has 1 aromatic carbocycles. The summed E-state index contributed by atoms with van der Waals surface area (Å²) in [6.07, 6.45) is 4.87. The highest BCUT2D eigenvalue weighted by atomic mass is 32.1. The SMILES string of the molecule is O=C(c1cc2c(s1)CCCC2)N1CCN(Cc2ccccc2)CC1. The number of hydrogen-bond donors (Lipinski definition) is 0. The van der Waals surface area contributed by atoms with Gasteiger partial charge in [0.05, 0.1) is 4.88 Å². The predicted octanol–water partition coefficient (Wildman–Crippen LogP) is 3.58. The van der Waals surface area contributed by atoms with Crippen molar-refractivity contribution in [2.75, 3.05) is 26.2 Å². The van der Waals surface area contributed by atoms with E-state index >= 15 is 0 Å². The molecule has 4 heteroatoms. The maximum absolute atomic E-state index is 12.8. The molecule has 0 spiro atoms. The summed E-state index contributed by atoms with van der Waals surface area (Å²) in [5.74, 6) is 0.244. The second kappa shape index (κ2) is 7.08. The second-order valence-electron chi connectivity index (χ2n) is 6.82. The summed E-state index contributed by atoms with van der Waals surface area (Å²) in [5, 5.41) is 0. The average Bonchev–Trinajstić information content (AvgIpc) is 3.07. The first-order chi connectivity index (χ1) is 11.8. The molecule has 2 heterocycles. The van der Waals surface area contributed by atoms with Crippen LogP contribution in [-0.2, 0) is 19.4 Å². The minimum Gasteiger partial charge on any atom is -0.335 e. The lowest BCUT2D eigenvalue weighted by molar-refractivity contribution is 0.0633. The number of nitrogens with zero attached hydrogens (tertiary/aromatic N) is 2. The van der Waals surface area contributed by atoms with E-state index in [9.17, 15) is 4.79 Å². The van der Waals surface area contributed by atoms with Crippen LogP contribution in [0.25, 0.3) is 0 Å². The summed E-state index contributed by atoms with van der Waals surface area (Å²) in [6, 6.07) is 12.8. The van der Waals surface area contributed by atoms with Gasteiger partial charge in [0.1, 0.15) is 0 Å². The normalized spacial score (nSPS) is 18.4. The van der Waals surface area contributed by atoms with Gasteiger partial charge in [-0.15, -0.1) is 11.3 Å². The van der Waals surface area contributed by atoms with E-state index in [2.05, 4.69) is 41.3 Å². The number of fused-ring (bicyclic) bond motifs is 1. The van der Waals surface area contributed by atoms with Gasteiger partial charge in [0.25, 0.3) is 5.91 Å². The summed E-state index contributed by atoms with van der Waals surface area (Å²) < 4.78 is 0. The van der Waals surface area contributed by atoms with Crippen LogP contribution < -0.4 is 0 Å². The van der Waals surface area contributed by atoms with Gasteiger partial charge >= 0.3 is 0 Å². The molecular formula is C20H24N2OS. The summed E-state index contributed by atoms with van der Waals surface area (Å²) in [6.45, 7) is 4.59. The Hall–Kier alpha value is -1.65. The third-order valence-electron chi connectivity index (χ3n) is 5.12. The lowest BCUT2D eigenvalue weighted by Gasteiger charge is -2.34. The van der Waals surface area contributed by atoms with Crippen molar-refractivity contribution in [2.45, 2.75) is 32.2 Å². The number of piperazine rings is 1. The van der Waals surface area contributed by atoms with E-state index in [4.69, 9.17) is 0 Å². The molecule has 1 aromatic heterocycles. The van der Waals surface area contributed by atoms with Crippen molar-refractivity contribution < 1.29 is 4.79 Å². The monoisotopic (exact) mass is 340 g/mol. The molecule has 0 unspecified atom stereocenters. The molecule has 126 valence electrons. The van der Waals surface area contributed by atoms with E-state index in [1.807, 2.05) is 4.90 Å². The Balaban J connectivity index is 1.35. The van der Waals surface area contributed by atoms with Gasteiger partial charge in [-0.25, -0.2) is 0 Å². The number of benzene rings is 1. The molecule has 0 radical (unpaired) electrons. The highest BCUT2D eigenvalue weighted by Crippen LogP contribution is 2.30. The molecule has 3 nitrogen and oxygen atoms in total. The van der Waals surface area contributed by atoms with Crippen molar-refractivity contribution in [1.82, 2.24) is 9.80 Å². The number of thiophene rings is 1. The highest BCUT2D eigenvalue weighted by Gasteiger charge is 2.25. The van der Waals surface area contributed by atoms with Crippen LogP contribution in [0.5, 0.6) is 0 Å². The molecule has 4 rings (SSSR count). The topological polar surface area (TPSA) is 23.6 Å². The molecule has 1 fully saturated rings. The first-order valence-corrected chi connectivity index (χ1v) is 9.78. The van der Waals surface area contributed by atoms with Crippen molar-refractivity contribution in [3.8, 4) is 0 Å². The van der Waals surface area contributed by atoms with E-state index in [0.29, 0.717) is 0 Å². The quantitative estimate of drug-likeness (QED) is 0.852. The van der Waals surface area contributed by atoms with Crippen molar-refractivity contribution in [2.24, 2.45) is 0 Å². The number of carbonyl (C=O) groups excluding carboxylic acids is 1. The fraction of sp³-hybridized carbons (Fsp3) is 0.450. The van der Waals surface area contributed by atoms with Gasteiger partial charge in [-0.2, -0.15) is 0 Å². The summed E-state index contributed by atoms with van der Waals surface area (Å²) in [4.78, 5) is 19.7. The Morgan fingerprint density at radius 1 is 1.00 bits per heavy atom.